The zero-order valence-electron chi connectivity index (χ0n) is 12.6. The molecule has 0 amide bonds. The normalized spacial score (nSPS) is 24.6. The van der Waals surface area contributed by atoms with Crippen molar-refractivity contribution in [3.8, 4) is 5.75 Å². The fraction of sp³-hybridized carbons (Fsp3) is 0.474. The summed E-state index contributed by atoms with van der Waals surface area (Å²) in [5.74, 6) is 0.969. The van der Waals surface area contributed by atoms with E-state index in [0.717, 1.165) is 12.2 Å². The Bertz CT molecular complexity index is 467. The summed E-state index contributed by atoms with van der Waals surface area (Å²) < 4.78 is 6.27. The molecule has 2 unspecified atom stereocenters. The molecular weight excluding hydrogens is 258 g/mol. The van der Waals surface area contributed by atoms with Crippen molar-refractivity contribution in [3.05, 3.63) is 48.5 Å². The van der Waals surface area contributed by atoms with E-state index in [-0.39, 0.29) is 0 Å². The predicted octanol–water partition coefficient (Wildman–Crippen LogP) is 5.10. The average molecular weight is 283 g/mol. The molecule has 1 heterocycles. The van der Waals surface area contributed by atoms with E-state index < -0.39 is 0 Å². The van der Waals surface area contributed by atoms with Crippen molar-refractivity contribution in [2.45, 2.75) is 57.1 Å². The third-order valence-corrected chi connectivity index (χ3v) is 4.39. The van der Waals surface area contributed by atoms with E-state index in [4.69, 9.17) is 4.74 Å². The second-order valence-electron chi connectivity index (χ2n) is 6.09. The SMILES string of the molecule is c1cccc2ccc(cc1)NC1CCCCCC(CC1)O2. The molecule has 0 saturated heterocycles. The van der Waals surface area contributed by atoms with Crippen molar-refractivity contribution in [2.75, 3.05) is 5.32 Å². The van der Waals surface area contributed by atoms with Crippen LogP contribution in [0.3, 0.4) is 0 Å². The Balaban J connectivity index is 2.00. The van der Waals surface area contributed by atoms with Gasteiger partial charge >= 0.3 is 0 Å². The molecule has 2 heteroatoms. The molecule has 1 aliphatic carbocycles. The summed E-state index contributed by atoms with van der Waals surface area (Å²) in [5.41, 5.74) is 1.18. The van der Waals surface area contributed by atoms with Crippen molar-refractivity contribution in [3.63, 3.8) is 0 Å². The lowest BCUT2D eigenvalue weighted by Gasteiger charge is -2.23. The third kappa shape index (κ3) is 4.38. The number of nitrogens with one attached hydrogen (secondary N) is 1. The molecule has 1 N–H and O–H groups in total. The first-order chi connectivity index (χ1) is 10.4. The van der Waals surface area contributed by atoms with E-state index in [1.807, 2.05) is 12.1 Å². The molecule has 0 spiro atoms. The Kier molecular flexibility index (Phi) is 4.99. The molecule has 1 aliphatic heterocycles. The molecule has 21 heavy (non-hydrogen) atoms. The molecule has 4 bridgehead atoms. The molecule has 1 aromatic carbocycles. The third-order valence-electron chi connectivity index (χ3n) is 4.39. The number of rotatable bonds is 0. The highest BCUT2D eigenvalue weighted by Crippen LogP contribution is 2.25. The van der Waals surface area contributed by atoms with Crippen molar-refractivity contribution in [2.24, 2.45) is 0 Å². The lowest BCUT2D eigenvalue weighted by atomic mass is 10.0. The molecule has 112 valence electrons. The first-order valence-electron chi connectivity index (χ1n) is 8.27. The topological polar surface area (TPSA) is 21.3 Å². The first kappa shape index (κ1) is 14.2. The highest BCUT2D eigenvalue weighted by molar-refractivity contribution is 5.43. The molecule has 2 nitrogen and oxygen atoms in total. The van der Waals surface area contributed by atoms with Gasteiger partial charge in [0.05, 0.1) is 6.10 Å². The van der Waals surface area contributed by atoms with Crippen LogP contribution in [0, 0.1) is 0 Å². The number of ether oxygens (including phenoxy) is 1. The highest BCUT2D eigenvalue weighted by Gasteiger charge is 2.18. The van der Waals surface area contributed by atoms with Gasteiger partial charge in [-0.2, -0.15) is 0 Å². The molecule has 2 aliphatic rings. The smallest absolute Gasteiger partial charge is 0.119 e. The van der Waals surface area contributed by atoms with Gasteiger partial charge in [0.25, 0.3) is 0 Å². The summed E-state index contributed by atoms with van der Waals surface area (Å²) in [4.78, 5) is 0. The van der Waals surface area contributed by atoms with E-state index in [0.29, 0.717) is 12.1 Å². The lowest BCUT2D eigenvalue weighted by Crippen LogP contribution is -2.23. The second kappa shape index (κ2) is 7.35. The van der Waals surface area contributed by atoms with Gasteiger partial charge in [-0.05, 0) is 56.4 Å². The highest BCUT2D eigenvalue weighted by atomic mass is 16.5. The van der Waals surface area contributed by atoms with Crippen LogP contribution < -0.4 is 10.1 Å². The van der Waals surface area contributed by atoms with Crippen LogP contribution in [0.4, 0.5) is 5.69 Å². The van der Waals surface area contributed by atoms with Crippen LogP contribution in [0.15, 0.2) is 48.5 Å². The minimum absolute atomic E-state index is 0.362. The fourth-order valence-electron chi connectivity index (χ4n) is 3.20. The van der Waals surface area contributed by atoms with Gasteiger partial charge in [-0.1, -0.05) is 37.1 Å². The number of hydrogen-bond acceptors (Lipinski definition) is 2. The van der Waals surface area contributed by atoms with Gasteiger partial charge in [0.15, 0.2) is 0 Å². The van der Waals surface area contributed by atoms with Crippen LogP contribution in [0.25, 0.3) is 0 Å². The molecule has 2 atom stereocenters. The van der Waals surface area contributed by atoms with Crippen molar-refractivity contribution in [1.29, 1.82) is 0 Å². The second-order valence-corrected chi connectivity index (χ2v) is 6.09. The molecule has 1 saturated carbocycles. The summed E-state index contributed by atoms with van der Waals surface area (Å²) in [5, 5.41) is 3.73. The zero-order valence-corrected chi connectivity index (χ0v) is 12.6. The van der Waals surface area contributed by atoms with Crippen LogP contribution >= 0.6 is 0 Å². The molecule has 0 aromatic heterocycles. The summed E-state index contributed by atoms with van der Waals surface area (Å²) in [6, 6.07) is 17.3. The van der Waals surface area contributed by atoms with E-state index in [1.54, 1.807) is 0 Å². The fourth-order valence-corrected chi connectivity index (χ4v) is 3.20. The summed E-state index contributed by atoms with van der Waals surface area (Å²) in [6.45, 7) is 0. The predicted molar refractivity (Wildman–Crippen MR) is 88.2 cm³/mol. The molecule has 1 fully saturated rings. The number of hydrogen-bond donors (Lipinski definition) is 1. The average Bonchev–Trinajstić information content (AvgIpc) is 2.61. The molecule has 0 radical (unpaired) electrons. The Morgan fingerprint density at radius 1 is 0.762 bits per heavy atom. The maximum absolute atomic E-state index is 6.27. The van der Waals surface area contributed by atoms with Gasteiger partial charge < -0.3 is 10.1 Å². The molecular formula is C19H25NO. The van der Waals surface area contributed by atoms with Gasteiger partial charge in [-0.25, -0.2) is 0 Å². The number of anilines is 1. The monoisotopic (exact) mass is 283 g/mol. The Labute approximate surface area is 127 Å². The zero-order chi connectivity index (χ0) is 14.3. The first-order valence-corrected chi connectivity index (χ1v) is 8.27. The maximum Gasteiger partial charge on any atom is 0.119 e. The maximum atomic E-state index is 6.27. The Hall–Kier alpha value is -1.70. The van der Waals surface area contributed by atoms with Gasteiger partial charge in [-0.15, -0.1) is 0 Å². The summed E-state index contributed by atoms with van der Waals surface area (Å²) >= 11 is 0. The number of fused-ring (bicyclic) bond motifs is 6. The van der Waals surface area contributed by atoms with Crippen molar-refractivity contribution in [1.82, 2.24) is 0 Å². The molecule has 1 aromatic rings. The summed E-state index contributed by atoms with van der Waals surface area (Å²) in [7, 11) is 0. The Morgan fingerprint density at radius 3 is 2.57 bits per heavy atom. The summed E-state index contributed by atoms with van der Waals surface area (Å²) in [6.07, 6.45) is 9.09. The van der Waals surface area contributed by atoms with E-state index >= 15 is 0 Å². The standard InChI is InChI=1S/C19H25NO/c1-2-6-10-18-14-12-16(8-4-1)20-17-9-5-3-7-11-19(21-18)15-13-17/h1-2,4,6,8,10,12,14,17,19-20H,3,5,7,9,11,13,15H2. The van der Waals surface area contributed by atoms with Crippen LogP contribution in [0.5, 0.6) is 5.75 Å². The van der Waals surface area contributed by atoms with E-state index in [1.165, 1.54) is 44.2 Å². The minimum atomic E-state index is 0.362. The van der Waals surface area contributed by atoms with Gasteiger partial charge in [-0.3, -0.25) is 0 Å². The molecule has 3 rings (SSSR count). The minimum Gasteiger partial charge on any atom is -0.490 e. The Morgan fingerprint density at radius 2 is 1.62 bits per heavy atom. The van der Waals surface area contributed by atoms with E-state index in [2.05, 4.69) is 41.7 Å². The van der Waals surface area contributed by atoms with Crippen LogP contribution in [0.1, 0.15) is 44.9 Å². The van der Waals surface area contributed by atoms with Crippen LogP contribution in [0.2, 0.25) is 0 Å². The van der Waals surface area contributed by atoms with Gasteiger partial charge in [0.2, 0.25) is 0 Å². The van der Waals surface area contributed by atoms with Crippen molar-refractivity contribution < 1.29 is 4.74 Å². The van der Waals surface area contributed by atoms with Gasteiger partial charge in [0, 0.05) is 11.7 Å². The van der Waals surface area contributed by atoms with Crippen LogP contribution in [-0.2, 0) is 0 Å². The van der Waals surface area contributed by atoms with E-state index in [9.17, 15) is 0 Å². The largest absolute Gasteiger partial charge is 0.490 e. The van der Waals surface area contributed by atoms with Crippen LogP contribution in [-0.4, -0.2) is 12.1 Å². The van der Waals surface area contributed by atoms with Crippen molar-refractivity contribution >= 4 is 5.69 Å². The lowest BCUT2D eigenvalue weighted by molar-refractivity contribution is 0.175. The quantitative estimate of drug-likeness (QED) is 0.715. The van der Waals surface area contributed by atoms with Gasteiger partial charge in [0.1, 0.15) is 5.75 Å².